The molecule has 234 valence electrons. The Morgan fingerprint density at radius 2 is 0.920 bits per heavy atom. The van der Waals surface area contributed by atoms with Crippen molar-refractivity contribution in [3.8, 4) is 22.3 Å². The van der Waals surface area contributed by atoms with Gasteiger partial charge in [-0.2, -0.15) is 0 Å². The molecule has 1 heterocycles. The number of thiophene rings is 1. The van der Waals surface area contributed by atoms with Gasteiger partial charge in [-0.1, -0.05) is 140 Å². The van der Waals surface area contributed by atoms with E-state index in [0.29, 0.717) is 0 Å². The fourth-order valence-electron chi connectivity index (χ4n) is 7.66. The van der Waals surface area contributed by atoms with Gasteiger partial charge < -0.3 is 4.90 Å². The van der Waals surface area contributed by atoms with E-state index in [1.165, 1.54) is 74.7 Å². The first-order valence-electron chi connectivity index (χ1n) is 17.1. The maximum Gasteiger partial charge on any atom is 0.0468 e. The fraction of sp³-hybridized carbons (Fsp3) is 0. The largest absolute Gasteiger partial charge is 0.310 e. The summed E-state index contributed by atoms with van der Waals surface area (Å²) in [5.74, 6) is 0. The first-order valence-corrected chi connectivity index (χ1v) is 17.9. The van der Waals surface area contributed by atoms with E-state index in [-0.39, 0.29) is 0 Å². The molecule has 10 aromatic rings. The molecular weight excluding hydrogens is 623 g/mol. The van der Waals surface area contributed by atoms with Crippen LogP contribution in [0.3, 0.4) is 0 Å². The second kappa shape index (κ2) is 11.7. The van der Waals surface area contributed by atoms with Gasteiger partial charge in [0.1, 0.15) is 0 Å². The average molecular weight is 654 g/mol. The number of anilines is 3. The van der Waals surface area contributed by atoms with Gasteiger partial charge in [-0.15, -0.1) is 11.3 Å². The van der Waals surface area contributed by atoms with Crippen LogP contribution in [0, 0.1) is 0 Å². The summed E-state index contributed by atoms with van der Waals surface area (Å²) in [5.41, 5.74) is 8.26. The molecule has 0 saturated carbocycles. The zero-order valence-corrected chi connectivity index (χ0v) is 28.1. The Labute approximate surface area is 294 Å². The standard InChI is InChI=1S/C48H31NS/c1-2-10-32(11-3-1)33-20-24-37(25-21-33)49(39-26-29-41-36(31-39)23-28-43-40-15-5-4-12-34(40)22-27-44(41)43)38-14-8-13-35(30-38)42-17-9-19-47-48(42)45-16-6-7-18-46(45)50-47/h1-31H. The maximum absolute atomic E-state index is 2.40. The Balaban J connectivity index is 1.15. The van der Waals surface area contributed by atoms with Crippen LogP contribution in [0.25, 0.3) is 74.7 Å². The molecule has 0 unspecified atom stereocenters. The molecule has 0 N–H and O–H groups in total. The van der Waals surface area contributed by atoms with E-state index in [1.54, 1.807) is 0 Å². The SMILES string of the molecule is c1ccc(-c2ccc(N(c3cccc(-c4cccc5sc6ccccc6c45)c3)c3ccc4c(ccc5c6ccccc6ccc45)c3)cc2)cc1. The molecular formula is C48H31NS. The third kappa shape index (κ3) is 4.76. The summed E-state index contributed by atoms with van der Waals surface area (Å²) in [6.07, 6.45) is 0. The van der Waals surface area contributed by atoms with E-state index < -0.39 is 0 Å². The van der Waals surface area contributed by atoms with Crippen molar-refractivity contribution >= 4 is 80.9 Å². The molecule has 0 bridgehead atoms. The van der Waals surface area contributed by atoms with Crippen LogP contribution in [0.4, 0.5) is 17.1 Å². The lowest BCUT2D eigenvalue weighted by Gasteiger charge is -2.27. The van der Waals surface area contributed by atoms with Crippen LogP contribution in [-0.2, 0) is 0 Å². The minimum Gasteiger partial charge on any atom is -0.310 e. The fourth-order valence-corrected chi connectivity index (χ4v) is 8.80. The highest BCUT2D eigenvalue weighted by molar-refractivity contribution is 7.25. The molecule has 0 spiro atoms. The summed E-state index contributed by atoms with van der Waals surface area (Å²) < 4.78 is 2.64. The van der Waals surface area contributed by atoms with Crippen LogP contribution in [0.5, 0.6) is 0 Å². The molecule has 10 rings (SSSR count). The minimum atomic E-state index is 1.12. The van der Waals surface area contributed by atoms with Gasteiger partial charge in [0.15, 0.2) is 0 Å². The summed E-state index contributed by atoms with van der Waals surface area (Å²) in [7, 11) is 0. The van der Waals surface area contributed by atoms with Gasteiger partial charge in [0, 0.05) is 37.2 Å². The molecule has 1 aromatic heterocycles. The molecule has 0 aliphatic carbocycles. The monoisotopic (exact) mass is 653 g/mol. The maximum atomic E-state index is 2.40. The molecule has 9 aromatic carbocycles. The molecule has 0 amide bonds. The molecule has 0 saturated heterocycles. The van der Waals surface area contributed by atoms with E-state index in [0.717, 1.165) is 17.1 Å². The molecule has 0 aliphatic rings. The highest BCUT2D eigenvalue weighted by Crippen LogP contribution is 2.43. The average Bonchev–Trinajstić information content (AvgIpc) is 3.57. The van der Waals surface area contributed by atoms with E-state index in [2.05, 4.69) is 193 Å². The van der Waals surface area contributed by atoms with Gasteiger partial charge in [-0.3, -0.25) is 0 Å². The van der Waals surface area contributed by atoms with Crippen molar-refractivity contribution in [2.24, 2.45) is 0 Å². The number of nitrogens with zero attached hydrogens (tertiary/aromatic N) is 1. The predicted octanol–water partition coefficient (Wildman–Crippen LogP) is 14.3. The molecule has 0 fully saturated rings. The van der Waals surface area contributed by atoms with E-state index in [1.807, 2.05) is 11.3 Å². The van der Waals surface area contributed by atoms with Crippen LogP contribution < -0.4 is 4.90 Å². The van der Waals surface area contributed by atoms with Crippen LogP contribution in [0.1, 0.15) is 0 Å². The number of hydrogen-bond acceptors (Lipinski definition) is 2. The normalized spacial score (nSPS) is 11.6. The van der Waals surface area contributed by atoms with Crippen LogP contribution in [-0.4, -0.2) is 0 Å². The highest BCUT2D eigenvalue weighted by Gasteiger charge is 2.17. The van der Waals surface area contributed by atoms with Crippen molar-refractivity contribution in [2.45, 2.75) is 0 Å². The van der Waals surface area contributed by atoms with Crippen molar-refractivity contribution < 1.29 is 0 Å². The van der Waals surface area contributed by atoms with Crippen molar-refractivity contribution in [3.63, 3.8) is 0 Å². The summed E-state index contributed by atoms with van der Waals surface area (Å²) in [6, 6.07) is 68.7. The second-order valence-electron chi connectivity index (χ2n) is 12.9. The summed E-state index contributed by atoms with van der Waals surface area (Å²) in [5, 5.41) is 10.3. The van der Waals surface area contributed by atoms with Gasteiger partial charge in [-0.05, 0) is 103 Å². The smallest absolute Gasteiger partial charge is 0.0468 e. The first kappa shape index (κ1) is 28.8. The molecule has 0 aliphatic heterocycles. The number of fused-ring (bicyclic) bond motifs is 8. The van der Waals surface area contributed by atoms with Gasteiger partial charge in [0.05, 0.1) is 0 Å². The Kier molecular flexibility index (Phi) is 6.75. The molecule has 0 atom stereocenters. The third-order valence-electron chi connectivity index (χ3n) is 10.0. The van der Waals surface area contributed by atoms with Crippen LogP contribution in [0.2, 0.25) is 0 Å². The minimum absolute atomic E-state index is 1.12. The number of benzene rings is 9. The van der Waals surface area contributed by atoms with Gasteiger partial charge in [0.2, 0.25) is 0 Å². The first-order chi connectivity index (χ1) is 24.8. The van der Waals surface area contributed by atoms with E-state index in [4.69, 9.17) is 0 Å². The summed E-state index contributed by atoms with van der Waals surface area (Å²) >= 11 is 1.87. The van der Waals surface area contributed by atoms with Crippen molar-refractivity contribution in [1.82, 2.24) is 0 Å². The molecule has 0 radical (unpaired) electrons. The predicted molar refractivity (Wildman–Crippen MR) is 217 cm³/mol. The molecule has 1 nitrogen and oxygen atoms in total. The summed E-state index contributed by atoms with van der Waals surface area (Å²) in [6.45, 7) is 0. The summed E-state index contributed by atoms with van der Waals surface area (Å²) in [4.78, 5) is 2.40. The van der Waals surface area contributed by atoms with E-state index in [9.17, 15) is 0 Å². The van der Waals surface area contributed by atoms with Crippen molar-refractivity contribution in [1.29, 1.82) is 0 Å². The topological polar surface area (TPSA) is 3.24 Å². The second-order valence-corrected chi connectivity index (χ2v) is 14.0. The Morgan fingerprint density at radius 1 is 0.320 bits per heavy atom. The molecule has 50 heavy (non-hydrogen) atoms. The lowest BCUT2D eigenvalue weighted by molar-refractivity contribution is 1.29. The number of hydrogen-bond donors (Lipinski definition) is 0. The zero-order valence-electron chi connectivity index (χ0n) is 27.3. The lowest BCUT2D eigenvalue weighted by atomic mass is 9.96. The van der Waals surface area contributed by atoms with Gasteiger partial charge in [0.25, 0.3) is 0 Å². The van der Waals surface area contributed by atoms with E-state index >= 15 is 0 Å². The Hall–Kier alpha value is -6.22. The Bertz CT molecular complexity index is 2870. The van der Waals surface area contributed by atoms with Gasteiger partial charge >= 0.3 is 0 Å². The molecule has 2 heteroatoms. The zero-order chi connectivity index (χ0) is 33.0. The highest BCUT2D eigenvalue weighted by atomic mass is 32.1. The van der Waals surface area contributed by atoms with Crippen molar-refractivity contribution in [3.05, 3.63) is 188 Å². The lowest BCUT2D eigenvalue weighted by Crippen LogP contribution is -2.10. The third-order valence-corrected chi connectivity index (χ3v) is 11.2. The quantitative estimate of drug-likeness (QED) is 0.167. The van der Waals surface area contributed by atoms with Gasteiger partial charge in [-0.25, -0.2) is 0 Å². The number of rotatable bonds is 5. The van der Waals surface area contributed by atoms with Crippen LogP contribution in [0.15, 0.2) is 188 Å². The van der Waals surface area contributed by atoms with Crippen LogP contribution >= 0.6 is 11.3 Å². The van der Waals surface area contributed by atoms with Crippen molar-refractivity contribution in [2.75, 3.05) is 4.90 Å². The Morgan fingerprint density at radius 3 is 1.78 bits per heavy atom.